The lowest BCUT2D eigenvalue weighted by Crippen LogP contribution is -2.66. The minimum absolute atomic E-state index is 0.0274. The Labute approximate surface area is 229 Å². The van der Waals surface area contributed by atoms with Crippen LogP contribution in [0.15, 0.2) is 48.5 Å². The summed E-state index contributed by atoms with van der Waals surface area (Å²) < 4.78 is -0.636. The van der Waals surface area contributed by atoms with E-state index in [0.29, 0.717) is 23.2 Å². The van der Waals surface area contributed by atoms with E-state index in [2.05, 4.69) is 5.32 Å². The monoisotopic (exact) mass is 540 g/mol. The SMILES string of the molecule is CCc1c(N)cccc1C(=O)[C@@H](Cc1ccccc1)[C@](N)(O)C(=O)N1CSC(C)(C)[C@H]1C(=O)NC(C)(C)C. The first kappa shape index (κ1) is 29.7. The van der Waals surface area contributed by atoms with Crippen LogP contribution in [-0.2, 0) is 22.4 Å². The Hall–Kier alpha value is -2.88. The summed E-state index contributed by atoms with van der Waals surface area (Å²) in [7, 11) is 0. The van der Waals surface area contributed by atoms with Gasteiger partial charge in [-0.25, -0.2) is 0 Å². The number of anilines is 1. The van der Waals surface area contributed by atoms with Gasteiger partial charge in [-0.15, -0.1) is 11.8 Å². The maximum absolute atomic E-state index is 14.0. The molecule has 2 aromatic carbocycles. The largest absolute Gasteiger partial charge is 0.398 e. The first-order chi connectivity index (χ1) is 17.6. The third-order valence-electron chi connectivity index (χ3n) is 6.86. The van der Waals surface area contributed by atoms with Gasteiger partial charge in [0.25, 0.3) is 5.91 Å². The molecular formula is C29H40N4O4S. The van der Waals surface area contributed by atoms with Gasteiger partial charge >= 0.3 is 0 Å². The first-order valence-corrected chi connectivity index (χ1v) is 13.8. The molecule has 0 unspecified atom stereocenters. The van der Waals surface area contributed by atoms with Crippen LogP contribution < -0.4 is 16.8 Å². The van der Waals surface area contributed by atoms with Gasteiger partial charge < -0.3 is 21.1 Å². The summed E-state index contributed by atoms with van der Waals surface area (Å²) in [5, 5.41) is 14.7. The highest BCUT2D eigenvalue weighted by atomic mass is 32.2. The molecule has 0 saturated carbocycles. The topological polar surface area (TPSA) is 139 Å². The maximum atomic E-state index is 14.0. The second-order valence-corrected chi connectivity index (χ2v) is 13.1. The number of rotatable bonds is 8. The van der Waals surface area contributed by atoms with E-state index in [1.54, 1.807) is 18.2 Å². The van der Waals surface area contributed by atoms with E-state index in [0.717, 1.165) is 5.56 Å². The highest BCUT2D eigenvalue weighted by Gasteiger charge is 2.55. The van der Waals surface area contributed by atoms with Crippen molar-refractivity contribution in [2.75, 3.05) is 11.6 Å². The van der Waals surface area contributed by atoms with Crippen LogP contribution in [0.25, 0.3) is 0 Å². The molecule has 1 saturated heterocycles. The number of carbonyl (C=O) groups is 3. The standard InChI is InChI=1S/C29H40N4O4S/c1-7-19-20(14-11-15-22(19)30)23(34)21(16-18-12-9-8-10-13-18)29(31,37)26(36)33-17-38-28(5,6)24(33)25(35)32-27(2,3)4/h8-15,21,24,37H,7,16-17,30-31H2,1-6H3,(H,32,35)/t21-,24-,29+/m1/s1. The van der Waals surface area contributed by atoms with Gasteiger partial charge in [0.1, 0.15) is 6.04 Å². The number of carbonyl (C=O) groups excluding carboxylic acids is 3. The number of nitrogens with two attached hydrogens (primary N) is 2. The lowest BCUT2D eigenvalue weighted by molar-refractivity contribution is -0.159. The molecule has 6 N–H and O–H groups in total. The molecule has 0 aromatic heterocycles. The van der Waals surface area contributed by atoms with Gasteiger partial charge in [0.05, 0.1) is 11.8 Å². The van der Waals surface area contributed by atoms with Crippen molar-refractivity contribution in [2.45, 2.75) is 76.4 Å². The molecule has 38 heavy (non-hydrogen) atoms. The van der Waals surface area contributed by atoms with Crippen molar-refractivity contribution >= 4 is 35.0 Å². The van der Waals surface area contributed by atoms with Crippen LogP contribution in [0.2, 0.25) is 0 Å². The highest BCUT2D eigenvalue weighted by molar-refractivity contribution is 8.00. The summed E-state index contributed by atoms with van der Waals surface area (Å²) in [6, 6.07) is 13.2. The summed E-state index contributed by atoms with van der Waals surface area (Å²) in [6.07, 6.45) is 0.522. The number of benzene rings is 2. The molecule has 0 spiro atoms. The third-order valence-corrected chi connectivity index (χ3v) is 8.23. The fourth-order valence-electron chi connectivity index (χ4n) is 4.93. The lowest BCUT2D eigenvalue weighted by atomic mass is 9.80. The molecule has 1 aliphatic heterocycles. The van der Waals surface area contributed by atoms with Crippen LogP contribution in [0.3, 0.4) is 0 Å². The maximum Gasteiger partial charge on any atom is 0.271 e. The molecule has 3 atom stereocenters. The van der Waals surface area contributed by atoms with Crippen molar-refractivity contribution in [2.24, 2.45) is 11.7 Å². The lowest BCUT2D eigenvalue weighted by Gasteiger charge is -2.38. The van der Waals surface area contributed by atoms with Gasteiger partial charge in [-0.05, 0) is 64.7 Å². The van der Waals surface area contributed by atoms with Crippen molar-refractivity contribution in [3.05, 3.63) is 65.2 Å². The average Bonchev–Trinajstić information content (AvgIpc) is 3.15. The van der Waals surface area contributed by atoms with Gasteiger partial charge in [0.2, 0.25) is 11.6 Å². The summed E-state index contributed by atoms with van der Waals surface area (Å²) in [4.78, 5) is 42.7. The van der Waals surface area contributed by atoms with Gasteiger partial charge in [-0.1, -0.05) is 49.4 Å². The number of amides is 2. The molecule has 1 fully saturated rings. The normalized spacial score (nSPS) is 19.5. The zero-order valence-corrected chi connectivity index (χ0v) is 23.9. The van der Waals surface area contributed by atoms with Crippen LogP contribution in [-0.4, -0.2) is 55.5 Å². The number of nitrogen functional groups attached to an aromatic ring is 1. The molecule has 8 nitrogen and oxygen atoms in total. The summed E-state index contributed by atoms with van der Waals surface area (Å²) in [6.45, 7) is 11.2. The molecule has 9 heteroatoms. The Morgan fingerprint density at radius 2 is 1.76 bits per heavy atom. The number of hydrogen-bond donors (Lipinski definition) is 4. The number of ketones is 1. The molecule has 206 valence electrons. The van der Waals surface area contributed by atoms with Gasteiger partial charge in [-0.3, -0.25) is 20.1 Å². The molecule has 0 radical (unpaired) electrons. The van der Waals surface area contributed by atoms with Crippen LogP contribution in [0, 0.1) is 5.92 Å². The predicted molar refractivity (Wildman–Crippen MR) is 152 cm³/mol. The van der Waals surface area contributed by atoms with Crippen LogP contribution in [0.4, 0.5) is 5.69 Å². The number of hydrogen-bond acceptors (Lipinski definition) is 7. The minimum Gasteiger partial charge on any atom is -0.398 e. The van der Waals surface area contributed by atoms with E-state index in [1.807, 2.05) is 71.9 Å². The number of Topliss-reactive ketones (excluding diaryl/α,β-unsaturated/α-hetero) is 1. The molecule has 0 bridgehead atoms. The molecule has 1 heterocycles. The Kier molecular flexibility index (Phi) is 8.65. The smallest absolute Gasteiger partial charge is 0.271 e. The molecule has 3 rings (SSSR count). The highest BCUT2D eigenvalue weighted by Crippen LogP contribution is 2.41. The van der Waals surface area contributed by atoms with Crippen molar-refractivity contribution in [3.63, 3.8) is 0 Å². The van der Waals surface area contributed by atoms with E-state index in [1.165, 1.54) is 16.7 Å². The van der Waals surface area contributed by atoms with E-state index < -0.39 is 39.7 Å². The fraction of sp³-hybridized carbons (Fsp3) is 0.483. The van der Waals surface area contributed by atoms with Crippen LogP contribution in [0.5, 0.6) is 0 Å². The second kappa shape index (κ2) is 11.1. The molecule has 2 amide bonds. The van der Waals surface area contributed by atoms with Crippen molar-refractivity contribution in [3.8, 4) is 0 Å². The third kappa shape index (κ3) is 6.22. The predicted octanol–water partition coefficient (Wildman–Crippen LogP) is 3.11. The first-order valence-electron chi connectivity index (χ1n) is 12.8. The molecule has 2 aromatic rings. The van der Waals surface area contributed by atoms with Gasteiger partial charge in [0.15, 0.2) is 5.78 Å². The van der Waals surface area contributed by atoms with E-state index in [4.69, 9.17) is 11.5 Å². The summed E-state index contributed by atoms with van der Waals surface area (Å²) in [5.74, 6) is -2.84. The van der Waals surface area contributed by atoms with E-state index >= 15 is 0 Å². The average molecular weight is 541 g/mol. The van der Waals surface area contributed by atoms with E-state index in [-0.39, 0.29) is 18.2 Å². The summed E-state index contributed by atoms with van der Waals surface area (Å²) in [5.41, 5.74) is 11.7. The van der Waals surface area contributed by atoms with Gasteiger partial charge in [-0.2, -0.15) is 0 Å². The Morgan fingerprint density at radius 1 is 1.13 bits per heavy atom. The van der Waals surface area contributed by atoms with Crippen LogP contribution in [0.1, 0.15) is 63.0 Å². The Balaban J connectivity index is 2.06. The van der Waals surface area contributed by atoms with Gasteiger partial charge in [0, 0.05) is 21.5 Å². The Bertz CT molecular complexity index is 1190. The van der Waals surface area contributed by atoms with E-state index in [9.17, 15) is 19.5 Å². The van der Waals surface area contributed by atoms with Crippen LogP contribution >= 0.6 is 11.8 Å². The minimum atomic E-state index is -2.58. The second-order valence-electron chi connectivity index (χ2n) is 11.5. The van der Waals surface area contributed by atoms with Crippen molar-refractivity contribution in [1.82, 2.24) is 10.2 Å². The zero-order valence-electron chi connectivity index (χ0n) is 23.1. The molecule has 1 aliphatic rings. The molecule has 0 aliphatic carbocycles. The Morgan fingerprint density at radius 3 is 2.34 bits per heavy atom. The number of aliphatic hydroxyl groups is 1. The summed E-state index contributed by atoms with van der Waals surface area (Å²) >= 11 is 1.42. The van der Waals surface area contributed by atoms with Crippen molar-refractivity contribution in [1.29, 1.82) is 0 Å². The number of thioether (sulfide) groups is 1. The quantitative estimate of drug-likeness (QED) is 0.229. The van der Waals surface area contributed by atoms with Crippen molar-refractivity contribution < 1.29 is 19.5 Å². The molecular weight excluding hydrogens is 500 g/mol. The fourth-order valence-corrected chi connectivity index (χ4v) is 6.06. The number of nitrogens with zero attached hydrogens (tertiary/aromatic N) is 1. The zero-order chi connectivity index (χ0) is 28.5. The number of nitrogens with one attached hydrogen (secondary N) is 1.